The number of hydrogen-bond acceptors (Lipinski definition) is 10. The van der Waals surface area contributed by atoms with Gasteiger partial charge in [-0.1, -0.05) is 49.6 Å². The highest BCUT2D eigenvalue weighted by Crippen LogP contribution is 2.41. The fraction of sp³-hybridized carbons (Fsp3) is 0.632. The van der Waals surface area contributed by atoms with Crippen LogP contribution >= 0.6 is 0 Å². The lowest BCUT2D eigenvalue weighted by Crippen LogP contribution is -2.58. The number of aromatic nitrogens is 2. The molecule has 0 N–H and O–H groups in total. The maximum atomic E-state index is 14.3. The SMILES string of the molecule is CCOC(=O)C1(C(=O)N2CCCC2C(=O)N2CCN(c3nc(N(CC)CC)nc(N(CC)CC)c3C(=O)c3ccccc3)CC2)CCCCC1. The molecule has 3 aliphatic rings. The van der Waals surface area contributed by atoms with Crippen molar-refractivity contribution in [3.05, 3.63) is 41.5 Å². The molecular weight excluding hydrogens is 634 g/mol. The number of likely N-dealkylation sites (tertiary alicyclic amines) is 1. The van der Waals surface area contributed by atoms with Gasteiger partial charge in [0.15, 0.2) is 0 Å². The highest BCUT2D eigenvalue weighted by molar-refractivity contribution is 6.15. The zero-order valence-electron chi connectivity index (χ0n) is 30.7. The first-order valence-corrected chi connectivity index (χ1v) is 18.8. The lowest BCUT2D eigenvalue weighted by molar-refractivity contribution is -0.169. The third-order valence-corrected chi connectivity index (χ3v) is 10.7. The van der Waals surface area contributed by atoms with E-state index in [1.807, 2.05) is 35.2 Å². The molecule has 2 amide bonds. The third kappa shape index (κ3) is 7.30. The average molecular weight is 690 g/mol. The van der Waals surface area contributed by atoms with E-state index in [-0.39, 0.29) is 24.2 Å². The van der Waals surface area contributed by atoms with E-state index in [2.05, 4.69) is 42.4 Å². The van der Waals surface area contributed by atoms with Crippen LogP contribution in [0.25, 0.3) is 0 Å². The fourth-order valence-corrected chi connectivity index (χ4v) is 7.81. The summed E-state index contributed by atoms with van der Waals surface area (Å²) in [5.41, 5.74) is -0.157. The van der Waals surface area contributed by atoms with Crippen LogP contribution in [0.1, 0.15) is 95.5 Å². The van der Waals surface area contributed by atoms with E-state index < -0.39 is 17.4 Å². The number of nitrogens with zero attached hydrogens (tertiary/aromatic N) is 7. The molecule has 1 saturated carbocycles. The van der Waals surface area contributed by atoms with Gasteiger partial charge in [-0.2, -0.15) is 9.97 Å². The Hall–Kier alpha value is -4.22. The van der Waals surface area contributed by atoms with Crippen molar-refractivity contribution in [2.24, 2.45) is 5.41 Å². The number of piperazine rings is 1. The van der Waals surface area contributed by atoms with Crippen molar-refractivity contribution in [2.75, 3.05) is 80.2 Å². The summed E-state index contributed by atoms with van der Waals surface area (Å²) in [6.45, 7) is 15.3. The zero-order valence-corrected chi connectivity index (χ0v) is 30.7. The van der Waals surface area contributed by atoms with Crippen LogP contribution < -0.4 is 14.7 Å². The van der Waals surface area contributed by atoms with Gasteiger partial charge >= 0.3 is 5.97 Å². The van der Waals surface area contributed by atoms with Gasteiger partial charge in [-0.15, -0.1) is 0 Å². The Bertz CT molecular complexity index is 1500. The highest BCUT2D eigenvalue weighted by Gasteiger charge is 2.52. The number of carbonyl (C=O) groups excluding carboxylic acids is 4. The maximum Gasteiger partial charge on any atom is 0.321 e. The summed E-state index contributed by atoms with van der Waals surface area (Å²) < 4.78 is 5.43. The number of esters is 1. The normalized spacial score (nSPS) is 18.9. The fourth-order valence-electron chi connectivity index (χ4n) is 7.81. The second-order valence-electron chi connectivity index (χ2n) is 13.4. The van der Waals surface area contributed by atoms with Gasteiger partial charge in [0.1, 0.15) is 28.7 Å². The van der Waals surface area contributed by atoms with Crippen molar-refractivity contribution in [1.82, 2.24) is 19.8 Å². The van der Waals surface area contributed by atoms with Gasteiger partial charge in [-0.25, -0.2) is 0 Å². The predicted octanol–water partition coefficient (Wildman–Crippen LogP) is 4.55. The quantitative estimate of drug-likeness (QED) is 0.168. The van der Waals surface area contributed by atoms with Gasteiger partial charge in [0.05, 0.1) is 6.61 Å². The number of ether oxygens (including phenoxy) is 1. The Morgan fingerprint density at radius 2 is 1.44 bits per heavy atom. The zero-order chi connectivity index (χ0) is 35.8. The molecule has 12 heteroatoms. The van der Waals surface area contributed by atoms with E-state index >= 15 is 0 Å². The summed E-state index contributed by atoms with van der Waals surface area (Å²) in [4.78, 5) is 75.7. The van der Waals surface area contributed by atoms with Crippen molar-refractivity contribution in [2.45, 2.75) is 85.6 Å². The molecule has 1 atom stereocenters. The molecule has 0 bridgehead atoms. The van der Waals surface area contributed by atoms with E-state index in [0.29, 0.717) is 93.8 Å². The minimum atomic E-state index is -1.20. The molecule has 1 aromatic heterocycles. The van der Waals surface area contributed by atoms with Crippen LogP contribution in [0.3, 0.4) is 0 Å². The summed E-state index contributed by atoms with van der Waals surface area (Å²) >= 11 is 0. The van der Waals surface area contributed by atoms with Crippen LogP contribution in [0.4, 0.5) is 17.6 Å². The molecule has 50 heavy (non-hydrogen) atoms. The van der Waals surface area contributed by atoms with Gasteiger partial charge in [0.2, 0.25) is 23.5 Å². The Balaban J connectivity index is 1.42. The summed E-state index contributed by atoms with van der Waals surface area (Å²) in [5.74, 6) is 0.863. The second kappa shape index (κ2) is 16.7. The summed E-state index contributed by atoms with van der Waals surface area (Å²) in [7, 11) is 0. The van der Waals surface area contributed by atoms with Crippen LogP contribution in [0.2, 0.25) is 0 Å². The molecule has 3 fully saturated rings. The molecule has 0 spiro atoms. The maximum absolute atomic E-state index is 14.3. The van der Waals surface area contributed by atoms with E-state index in [1.165, 1.54) is 0 Å². The minimum absolute atomic E-state index is 0.0822. The highest BCUT2D eigenvalue weighted by atomic mass is 16.5. The largest absolute Gasteiger partial charge is 0.465 e. The van der Waals surface area contributed by atoms with Crippen LogP contribution in [0.5, 0.6) is 0 Å². The lowest BCUT2D eigenvalue weighted by atomic mass is 9.72. The van der Waals surface area contributed by atoms with Crippen molar-refractivity contribution in [1.29, 1.82) is 0 Å². The molecule has 2 aliphatic heterocycles. The van der Waals surface area contributed by atoms with Crippen LogP contribution in [0.15, 0.2) is 30.3 Å². The van der Waals surface area contributed by atoms with Gasteiger partial charge in [-0.05, 0) is 60.3 Å². The molecule has 3 heterocycles. The number of amides is 2. The molecule has 1 aromatic carbocycles. The number of ketones is 1. The number of carbonyl (C=O) groups is 4. The van der Waals surface area contributed by atoms with Crippen molar-refractivity contribution in [3.63, 3.8) is 0 Å². The van der Waals surface area contributed by atoms with E-state index in [4.69, 9.17) is 14.7 Å². The Morgan fingerprint density at radius 1 is 0.800 bits per heavy atom. The monoisotopic (exact) mass is 689 g/mol. The van der Waals surface area contributed by atoms with Crippen molar-refractivity contribution >= 4 is 41.2 Å². The van der Waals surface area contributed by atoms with Crippen LogP contribution in [-0.2, 0) is 19.1 Å². The molecule has 2 saturated heterocycles. The third-order valence-electron chi connectivity index (χ3n) is 10.7. The molecular formula is C38H55N7O5. The number of hydrogen-bond donors (Lipinski definition) is 0. The second-order valence-corrected chi connectivity index (χ2v) is 13.4. The smallest absolute Gasteiger partial charge is 0.321 e. The molecule has 2 aromatic rings. The van der Waals surface area contributed by atoms with E-state index in [1.54, 1.807) is 11.8 Å². The Labute approximate surface area is 297 Å². The Morgan fingerprint density at radius 3 is 2.04 bits per heavy atom. The number of rotatable bonds is 13. The predicted molar refractivity (Wildman–Crippen MR) is 195 cm³/mol. The lowest BCUT2D eigenvalue weighted by Gasteiger charge is -2.41. The summed E-state index contributed by atoms with van der Waals surface area (Å²) in [6.07, 6.45) is 4.80. The molecule has 5 rings (SSSR count). The number of anilines is 3. The average Bonchev–Trinajstić information content (AvgIpc) is 3.66. The van der Waals surface area contributed by atoms with E-state index in [9.17, 15) is 19.2 Å². The molecule has 12 nitrogen and oxygen atoms in total. The first-order valence-electron chi connectivity index (χ1n) is 18.8. The number of benzene rings is 1. The summed E-state index contributed by atoms with van der Waals surface area (Å²) in [5, 5.41) is 0. The molecule has 1 aliphatic carbocycles. The van der Waals surface area contributed by atoms with Crippen molar-refractivity contribution in [3.8, 4) is 0 Å². The van der Waals surface area contributed by atoms with Gasteiger partial charge in [-0.3, -0.25) is 19.2 Å². The summed E-state index contributed by atoms with van der Waals surface area (Å²) in [6, 6.07) is 8.66. The molecule has 272 valence electrons. The van der Waals surface area contributed by atoms with E-state index in [0.717, 1.165) is 38.8 Å². The first kappa shape index (κ1) is 37.0. The molecule has 1 unspecified atom stereocenters. The van der Waals surface area contributed by atoms with Crippen LogP contribution in [0, 0.1) is 5.41 Å². The first-order chi connectivity index (χ1) is 24.2. The van der Waals surface area contributed by atoms with Gasteiger partial charge in [0, 0.05) is 64.5 Å². The van der Waals surface area contributed by atoms with Crippen LogP contribution in [-0.4, -0.2) is 115 Å². The van der Waals surface area contributed by atoms with Crippen molar-refractivity contribution < 1.29 is 23.9 Å². The van der Waals surface area contributed by atoms with Gasteiger partial charge in [0.25, 0.3) is 0 Å². The molecule has 0 radical (unpaired) electrons. The minimum Gasteiger partial charge on any atom is -0.465 e. The van der Waals surface area contributed by atoms with Gasteiger partial charge < -0.3 is 29.2 Å². The topological polar surface area (TPSA) is 119 Å². The standard InChI is InChI=1S/C38H55N7O5/c1-6-41(7-2)32-30(31(46)28-18-13-11-14-19-28)33(40-37(39-32)42(8-3)9-4)43-24-26-44(27-25-43)34(47)29-20-17-23-45(29)35(48)38(36(49)50-10-5)21-15-12-16-22-38/h11,13-14,18-19,29H,6-10,12,15-17,20-27H2,1-5H3. The Kier molecular flexibility index (Phi) is 12.3.